The molecule has 4 nitrogen and oxygen atoms in total. The Kier molecular flexibility index (Phi) is 10.6. The zero-order valence-corrected chi connectivity index (χ0v) is 16.9. The van der Waals surface area contributed by atoms with Crippen LogP contribution in [0.4, 0.5) is 0 Å². The predicted molar refractivity (Wildman–Crippen MR) is 104 cm³/mol. The molecule has 1 aliphatic heterocycles. The average Bonchev–Trinajstić information content (AvgIpc) is 2.42. The summed E-state index contributed by atoms with van der Waals surface area (Å²) in [6.45, 7) is 16.4. The van der Waals surface area contributed by atoms with Crippen molar-refractivity contribution in [3.63, 3.8) is 0 Å². The lowest BCUT2D eigenvalue weighted by Crippen LogP contribution is -2.51. The van der Waals surface area contributed by atoms with Crippen LogP contribution in [0.1, 0.15) is 53.9 Å². The number of hydrogen-bond acceptors (Lipinski definition) is 2. The summed E-state index contributed by atoms with van der Waals surface area (Å²) in [5.74, 6) is 1.77. The van der Waals surface area contributed by atoms with E-state index in [9.17, 15) is 0 Å². The van der Waals surface area contributed by atoms with Gasteiger partial charge in [-0.3, -0.25) is 9.89 Å². The highest BCUT2D eigenvalue weighted by Gasteiger charge is 2.29. The molecule has 1 heterocycles. The van der Waals surface area contributed by atoms with Gasteiger partial charge in [-0.25, -0.2) is 0 Å². The van der Waals surface area contributed by atoms with Crippen molar-refractivity contribution in [3.8, 4) is 0 Å². The summed E-state index contributed by atoms with van der Waals surface area (Å²) >= 11 is 0. The van der Waals surface area contributed by atoms with Crippen LogP contribution in [-0.4, -0.2) is 49.1 Å². The molecule has 1 unspecified atom stereocenters. The van der Waals surface area contributed by atoms with Crippen molar-refractivity contribution in [1.82, 2.24) is 15.5 Å². The van der Waals surface area contributed by atoms with E-state index in [0.29, 0.717) is 0 Å². The summed E-state index contributed by atoms with van der Waals surface area (Å²) in [6.07, 6.45) is 3.82. The summed E-state index contributed by atoms with van der Waals surface area (Å²) in [5, 5.41) is 6.70. The Bertz CT molecular complexity index is 305. The van der Waals surface area contributed by atoms with Gasteiger partial charge in [-0.2, -0.15) is 0 Å². The van der Waals surface area contributed by atoms with Crippen LogP contribution in [0.15, 0.2) is 4.99 Å². The van der Waals surface area contributed by atoms with Crippen LogP contribution in [0.5, 0.6) is 0 Å². The van der Waals surface area contributed by atoms with E-state index in [-0.39, 0.29) is 29.5 Å². The Balaban J connectivity index is 0.00000400. The average molecular weight is 410 g/mol. The van der Waals surface area contributed by atoms with Crippen molar-refractivity contribution in [2.24, 2.45) is 10.9 Å². The number of rotatable bonds is 6. The molecular formula is C16H35IN4. The van der Waals surface area contributed by atoms with E-state index < -0.39 is 0 Å². The minimum Gasteiger partial charge on any atom is -0.357 e. The van der Waals surface area contributed by atoms with E-state index in [1.165, 1.54) is 25.9 Å². The number of hydrogen-bond donors (Lipinski definition) is 2. The number of piperidine rings is 1. The maximum Gasteiger partial charge on any atom is 0.191 e. The number of likely N-dealkylation sites (tertiary alicyclic amines) is 1. The van der Waals surface area contributed by atoms with Gasteiger partial charge >= 0.3 is 0 Å². The van der Waals surface area contributed by atoms with E-state index in [4.69, 9.17) is 4.99 Å². The van der Waals surface area contributed by atoms with Crippen molar-refractivity contribution in [2.75, 3.05) is 32.7 Å². The molecule has 1 aliphatic rings. The summed E-state index contributed by atoms with van der Waals surface area (Å²) in [7, 11) is 0. The zero-order valence-electron chi connectivity index (χ0n) is 14.5. The fourth-order valence-electron chi connectivity index (χ4n) is 2.70. The first-order valence-corrected chi connectivity index (χ1v) is 8.26. The molecule has 1 saturated heterocycles. The third kappa shape index (κ3) is 7.68. The van der Waals surface area contributed by atoms with Crippen LogP contribution < -0.4 is 10.6 Å². The van der Waals surface area contributed by atoms with Crippen molar-refractivity contribution >= 4 is 29.9 Å². The van der Waals surface area contributed by atoms with Crippen LogP contribution in [0.25, 0.3) is 0 Å². The molecule has 0 radical (unpaired) electrons. The van der Waals surface area contributed by atoms with E-state index in [1.54, 1.807) is 0 Å². The second-order valence-corrected chi connectivity index (χ2v) is 6.63. The Morgan fingerprint density at radius 2 is 2.00 bits per heavy atom. The Morgan fingerprint density at radius 3 is 2.57 bits per heavy atom. The second-order valence-electron chi connectivity index (χ2n) is 6.63. The van der Waals surface area contributed by atoms with Gasteiger partial charge in [-0.05, 0) is 52.5 Å². The highest BCUT2D eigenvalue weighted by atomic mass is 127. The number of aliphatic imine (C=N–C) groups is 1. The third-order valence-electron chi connectivity index (χ3n) is 4.02. The summed E-state index contributed by atoms with van der Waals surface area (Å²) in [4.78, 5) is 7.38. The number of halogens is 1. The number of nitrogens with zero attached hydrogens (tertiary/aromatic N) is 2. The normalized spacial score (nSPS) is 20.8. The largest absolute Gasteiger partial charge is 0.357 e. The smallest absolute Gasteiger partial charge is 0.191 e. The summed E-state index contributed by atoms with van der Waals surface area (Å²) in [6, 6.07) is 0. The molecule has 0 aromatic rings. The van der Waals surface area contributed by atoms with Gasteiger partial charge in [0.15, 0.2) is 5.96 Å². The first-order valence-electron chi connectivity index (χ1n) is 8.26. The molecular weight excluding hydrogens is 375 g/mol. The lowest BCUT2D eigenvalue weighted by Gasteiger charge is -2.42. The van der Waals surface area contributed by atoms with Crippen LogP contribution in [0, 0.1) is 5.92 Å². The topological polar surface area (TPSA) is 39.7 Å². The van der Waals surface area contributed by atoms with E-state index in [0.717, 1.165) is 37.9 Å². The fourth-order valence-corrected chi connectivity index (χ4v) is 2.70. The van der Waals surface area contributed by atoms with E-state index >= 15 is 0 Å². The van der Waals surface area contributed by atoms with Gasteiger partial charge in [0.1, 0.15) is 0 Å². The van der Waals surface area contributed by atoms with Crippen LogP contribution in [0.3, 0.4) is 0 Å². The molecule has 0 aliphatic carbocycles. The Morgan fingerprint density at radius 1 is 1.29 bits per heavy atom. The molecule has 0 saturated carbocycles. The van der Waals surface area contributed by atoms with Crippen LogP contribution >= 0.6 is 24.0 Å². The van der Waals surface area contributed by atoms with Crippen LogP contribution in [-0.2, 0) is 0 Å². The predicted octanol–water partition coefficient (Wildman–Crippen LogP) is 3.08. The minimum absolute atomic E-state index is 0. The third-order valence-corrected chi connectivity index (χ3v) is 4.02. The van der Waals surface area contributed by atoms with E-state index in [2.05, 4.69) is 50.2 Å². The molecule has 0 bridgehead atoms. The molecule has 0 aromatic carbocycles. The van der Waals surface area contributed by atoms with Crippen molar-refractivity contribution in [1.29, 1.82) is 0 Å². The van der Waals surface area contributed by atoms with Crippen molar-refractivity contribution in [3.05, 3.63) is 0 Å². The number of nitrogens with one attached hydrogen (secondary N) is 2. The standard InChI is InChI=1S/C16H34N4.HI/c1-6-10-18-15(17-7-2)19-13-16(4,5)20-11-8-9-14(3)12-20;/h14H,6-13H2,1-5H3,(H2,17,18,19);1H. The SMILES string of the molecule is CCCNC(=NCC(C)(C)N1CCCC(C)C1)NCC.I. The molecule has 5 heteroatoms. The highest BCUT2D eigenvalue weighted by molar-refractivity contribution is 14.0. The molecule has 1 rings (SSSR count). The molecule has 0 aromatic heterocycles. The van der Waals surface area contributed by atoms with Crippen molar-refractivity contribution in [2.45, 2.75) is 59.4 Å². The maximum absolute atomic E-state index is 4.78. The summed E-state index contributed by atoms with van der Waals surface area (Å²) in [5.41, 5.74) is 0.142. The molecule has 0 spiro atoms. The molecule has 1 fully saturated rings. The molecule has 0 amide bonds. The quantitative estimate of drug-likeness (QED) is 0.402. The van der Waals surface area contributed by atoms with Gasteiger partial charge < -0.3 is 10.6 Å². The maximum atomic E-state index is 4.78. The van der Waals surface area contributed by atoms with Crippen molar-refractivity contribution < 1.29 is 0 Å². The molecule has 21 heavy (non-hydrogen) atoms. The summed E-state index contributed by atoms with van der Waals surface area (Å²) < 4.78 is 0. The van der Waals surface area contributed by atoms with Gasteiger partial charge in [-0.15, -0.1) is 24.0 Å². The first-order chi connectivity index (χ1) is 9.49. The molecule has 126 valence electrons. The Labute approximate surface area is 148 Å². The Hall–Kier alpha value is -0.0400. The highest BCUT2D eigenvalue weighted by Crippen LogP contribution is 2.23. The monoisotopic (exact) mass is 410 g/mol. The first kappa shape index (κ1) is 21.0. The van der Waals surface area contributed by atoms with Gasteiger partial charge in [0.05, 0.1) is 6.54 Å². The van der Waals surface area contributed by atoms with Gasteiger partial charge in [0.25, 0.3) is 0 Å². The second kappa shape index (κ2) is 10.6. The zero-order chi connectivity index (χ0) is 15.0. The lowest BCUT2D eigenvalue weighted by atomic mass is 9.94. The fraction of sp³-hybridized carbons (Fsp3) is 0.938. The van der Waals surface area contributed by atoms with Gasteiger partial charge in [0, 0.05) is 25.2 Å². The number of guanidine groups is 1. The lowest BCUT2D eigenvalue weighted by molar-refractivity contribution is 0.0774. The molecule has 1 atom stereocenters. The molecule has 2 N–H and O–H groups in total. The van der Waals surface area contributed by atoms with E-state index in [1.807, 2.05) is 0 Å². The minimum atomic E-state index is 0. The van der Waals surface area contributed by atoms with Crippen LogP contribution in [0.2, 0.25) is 0 Å². The van der Waals surface area contributed by atoms with Gasteiger partial charge in [0.2, 0.25) is 0 Å². The van der Waals surface area contributed by atoms with Gasteiger partial charge in [-0.1, -0.05) is 13.8 Å².